The predicted octanol–water partition coefficient (Wildman–Crippen LogP) is 2.72. The molecule has 110 valence electrons. The Balaban J connectivity index is 1.42. The molecule has 0 unspecified atom stereocenters. The monoisotopic (exact) mass is 284 g/mol. The van der Waals surface area contributed by atoms with E-state index >= 15 is 0 Å². The minimum atomic E-state index is 0.409. The average molecular weight is 284 g/mol. The number of hydrogen-bond donors (Lipinski definition) is 0. The summed E-state index contributed by atoms with van der Waals surface area (Å²) in [6, 6.07) is 4.13. The lowest BCUT2D eigenvalue weighted by Gasteiger charge is -2.31. The second-order valence-electron chi connectivity index (χ2n) is 6.20. The van der Waals surface area contributed by atoms with Crippen LogP contribution in [0.5, 0.6) is 0 Å². The molecular formula is C16H20N4O. The molecule has 1 aliphatic heterocycles. The van der Waals surface area contributed by atoms with Crippen molar-refractivity contribution in [1.82, 2.24) is 20.0 Å². The summed E-state index contributed by atoms with van der Waals surface area (Å²) in [6.07, 6.45) is 8.54. The molecule has 21 heavy (non-hydrogen) atoms. The number of aromatic nitrogens is 3. The van der Waals surface area contributed by atoms with Crippen LogP contribution in [0.1, 0.15) is 54.8 Å². The zero-order chi connectivity index (χ0) is 14.1. The van der Waals surface area contributed by atoms with Gasteiger partial charge in [-0.05, 0) is 43.9 Å². The smallest absolute Gasteiger partial charge is 0.229 e. The molecule has 5 heteroatoms. The molecule has 1 aliphatic carbocycles. The fraction of sp³-hybridized carbons (Fsp3) is 0.562. The average Bonchev–Trinajstić information content (AvgIpc) is 3.26. The summed E-state index contributed by atoms with van der Waals surface area (Å²) in [5.41, 5.74) is 1.27. The Morgan fingerprint density at radius 3 is 3.00 bits per heavy atom. The molecule has 2 aromatic heterocycles. The van der Waals surface area contributed by atoms with Crippen molar-refractivity contribution in [2.75, 3.05) is 13.1 Å². The van der Waals surface area contributed by atoms with Crippen molar-refractivity contribution in [2.45, 2.75) is 44.1 Å². The molecule has 2 fully saturated rings. The van der Waals surface area contributed by atoms with Crippen molar-refractivity contribution in [3.8, 4) is 0 Å². The lowest BCUT2D eigenvalue weighted by atomic mass is 9.97. The van der Waals surface area contributed by atoms with Crippen LogP contribution in [0.15, 0.2) is 29.0 Å². The Morgan fingerprint density at radius 1 is 1.24 bits per heavy atom. The maximum Gasteiger partial charge on any atom is 0.229 e. The second-order valence-corrected chi connectivity index (χ2v) is 6.20. The standard InChI is InChI=1S/C16H20N4O/c1-3-12(9-17-7-1)10-20-8-2-4-14(11-20)15-18-16(21-19-15)13-5-6-13/h1,3,7,9,13-14H,2,4-6,8,10-11H2/t14-/m1/s1. The van der Waals surface area contributed by atoms with Gasteiger partial charge in [0.1, 0.15) is 0 Å². The predicted molar refractivity (Wildman–Crippen MR) is 77.8 cm³/mol. The normalized spacial score (nSPS) is 23.3. The van der Waals surface area contributed by atoms with Crippen LogP contribution in [0, 0.1) is 0 Å². The number of hydrogen-bond acceptors (Lipinski definition) is 5. The molecule has 4 rings (SSSR count). The third-order valence-electron chi connectivity index (χ3n) is 4.38. The zero-order valence-corrected chi connectivity index (χ0v) is 12.1. The van der Waals surface area contributed by atoms with Gasteiger partial charge in [-0.3, -0.25) is 9.88 Å². The molecule has 2 aromatic rings. The number of pyridine rings is 1. The fourth-order valence-corrected chi connectivity index (χ4v) is 3.07. The van der Waals surface area contributed by atoms with E-state index in [1.807, 2.05) is 18.5 Å². The fourth-order valence-electron chi connectivity index (χ4n) is 3.07. The molecule has 1 atom stereocenters. The summed E-state index contributed by atoms with van der Waals surface area (Å²) in [5.74, 6) is 2.72. The lowest BCUT2D eigenvalue weighted by Crippen LogP contribution is -2.34. The van der Waals surface area contributed by atoms with Crippen LogP contribution >= 0.6 is 0 Å². The molecule has 5 nitrogen and oxygen atoms in total. The summed E-state index contributed by atoms with van der Waals surface area (Å²) in [7, 11) is 0. The summed E-state index contributed by atoms with van der Waals surface area (Å²) in [4.78, 5) is 11.3. The maximum atomic E-state index is 5.41. The Morgan fingerprint density at radius 2 is 2.19 bits per heavy atom. The van der Waals surface area contributed by atoms with Crippen LogP contribution in [0.3, 0.4) is 0 Å². The topological polar surface area (TPSA) is 55.1 Å². The second kappa shape index (κ2) is 5.56. The van der Waals surface area contributed by atoms with Crippen molar-refractivity contribution < 1.29 is 4.52 Å². The Kier molecular flexibility index (Phi) is 3.43. The van der Waals surface area contributed by atoms with E-state index in [1.165, 1.54) is 24.8 Å². The quantitative estimate of drug-likeness (QED) is 0.864. The third kappa shape index (κ3) is 2.97. The molecule has 0 amide bonds. The van der Waals surface area contributed by atoms with Crippen molar-refractivity contribution >= 4 is 0 Å². The van der Waals surface area contributed by atoms with Crippen molar-refractivity contribution in [1.29, 1.82) is 0 Å². The molecule has 0 spiro atoms. The van der Waals surface area contributed by atoms with E-state index in [4.69, 9.17) is 4.52 Å². The van der Waals surface area contributed by atoms with Gasteiger partial charge in [0, 0.05) is 37.3 Å². The minimum absolute atomic E-state index is 0.409. The van der Waals surface area contributed by atoms with Gasteiger partial charge in [-0.15, -0.1) is 0 Å². The number of rotatable bonds is 4. The Hall–Kier alpha value is -1.75. The molecule has 0 bridgehead atoms. The molecule has 3 heterocycles. The van der Waals surface area contributed by atoms with Gasteiger partial charge in [0.15, 0.2) is 5.82 Å². The molecule has 0 radical (unpaired) electrons. The molecule has 0 aromatic carbocycles. The SMILES string of the molecule is c1cncc(CN2CCC[C@@H](c3noc(C4CC4)n3)C2)c1. The van der Waals surface area contributed by atoms with Crippen LogP contribution in [-0.2, 0) is 6.54 Å². The number of nitrogens with zero attached hydrogens (tertiary/aromatic N) is 4. The van der Waals surface area contributed by atoms with Gasteiger partial charge < -0.3 is 4.52 Å². The molecule has 1 saturated heterocycles. The van der Waals surface area contributed by atoms with E-state index in [0.29, 0.717) is 11.8 Å². The minimum Gasteiger partial charge on any atom is -0.339 e. The summed E-state index contributed by atoms with van der Waals surface area (Å²) < 4.78 is 5.41. The highest BCUT2D eigenvalue weighted by Gasteiger charge is 2.32. The van der Waals surface area contributed by atoms with E-state index in [1.54, 1.807) is 0 Å². The molecular weight excluding hydrogens is 264 g/mol. The van der Waals surface area contributed by atoms with Crippen LogP contribution in [0.2, 0.25) is 0 Å². The van der Waals surface area contributed by atoms with Gasteiger partial charge in [0.25, 0.3) is 0 Å². The van der Waals surface area contributed by atoms with Gasteiger partial charge in [-0.1, -0.05) is 11.2 Å². The van der Waals surface area contributed by atoms with Gasteiger partial charge in [0.05, 0.1) is 0 Å². The van der Waals surface area contributed by atoms with Gasteiger partial charge >= 0.3 is 0 Å². The summed E-state index contributed by atoms with van der Waals surface area (Å²) >= 11 is 0. The first-order valence-corrected chi connectivity index (χ1v) is 7.83. The lowest BCUT2D eigenvalue weighted by molar-refractivity contribution is 0.194. The van der Waals surface area contributed by atoms with E-state index in [9.17, 15) is 0 Å². The van der Waals surface area contributed by atoms with Crippen LogP contribution in [-0.4, -0.2) is 33.1 Å². The van der Waals surface area contributed by atoms with Crippen molar-refractivity contribution in [2.24, 2.45) is 0 Å². The third-order valence-corrected chi connectivity index (χ3v) is 4.38. The highest BCUT2D eigenvalue weighted by atomic mass is 16.5. The zero-order valence-electron chi connectivity index (χ0n) is 12.1. The summed E-state index contributed by atoms with van der Waals surface area (Å²) in [5, 5.41) is 4.22. The van der Waals surface area contributed by atoms with Crippen LogP contribution in [0.4, 0.5) is 0 Å². The summed E-state index contributed by atoms with van der Waals surface area (Å²) in [6.45, 7) is 3.11. The van der Waals surface area contributed by atoms with E-state index in [2.05, 4.69) is 26.1 Å². The number of piperidine rings is 1. The van der Waals surface area contributed by atoms with E-state index in [0.717, 1.165) is 37.8 Å². The Bertz CT molecular complexity index is 593. The van der Waals surface area contributed by atoms with Crippen LogP contribution < -0.4 is 0 Å². The highest BCUT2D eigenvalue weighted by Crippen LogP contribution is 2.39. The Labute approximate surface area is 124 Å². The first kappa shape index (κ1) is 13.0. The van der Waals surface area contributed by atoms with Crippen LogP contribution in [0.25, 0.3) is 0 Å². The number of likely N-dealkylation sites (tertiary alicyclic amines) is 1. The van der Waals surface area contributed by atoms with Gasteiger partial charge in [-0.25, -0.2) is 0 Å². The maximum absolute atomic E-state index is 5.41. The highest BCUT2D eigenvalue weighted by molar-refractivity contribution is 5.09. The van der Waals surface area contributed by atoms with Gasteiger partial charge in [-0.2, -0.15) is 4.98 Å². The van der Waals surface area contributed by atoms with E-state index < -0.39 is 0 Å². The van der Waals surface area contributed by atoms with Crippen molar-refractivity contribution in [3.05, 3.63) is 41.8 Å². The molecule has 0 N–H and O–H groups in total. The van der Waals surface area contributed by atoms with E-state index in [-0.39, 0.29) is 0 Å². The molecule has 2 aliphatic rings. The first-order valence-electron chi connectivity index (χ1n) is 7.83. The van der Waals surface area contributed by atoms with Crippen molar-refractivity contribution in [3.63, 3.8) is 0 Å². The largest absolute Gasteiger partial charge is 0.339 e. The first-order chi connectivity index (χ1) is 10.4. The van der Waals surface area contributed by atoms with Gasteiger partial charge in [0.2, 0.25) is 5.89 Å². The molecule has 1 saturated carbocycles.